The van der Waals surface area contributed by atoms with Crippen LogP contribution in [-0.2, 0) is 9.53 Å². The Hall–Kier alpha value is -2.82. The molecule has 5 nitrogen and oxygen atoms in total. The van der Waals surface area contributed by atoms with E-state index in [9.17, 15) is 14.7 Å². The summed E-state index contributed by atoms with van der Waals surface area (Å²) in [6.45, 7) is 6.44. The molecule has 2 aromatic rings. The van der Waals surface area contributed by atoms with Crippen molar-refractivity contribution in [3.63, 3.8) is 0 Å². The molecule has 0 radical (unpaired) electrons. The van der Waals surface area contributed by atoms with E-state index >= 15 is 0 Å². The molecule has 5 heteroatoms. The number of carboxylic acids is 1. The first-order valence-electron chi connectivity index (χ1n) is 11.1. The number of carbonyl (C=O) groups excluding carboxylic acids is 1. The summed E-state index contributed by atoms with van der Waals surface area (Å²) in [7, 11) is 0. The number of amides is 1. The van der Waals surface area contributed by atoms with Gasteiger partial charge in [0.15, 0.2) is 0 Å². The zero-order valence-electron chi connectivity index (χ0n) is 18.3. The number of nitrogens with one attached hydrogen (secondary N) is 1. The minimum atomic E-state index is -0.789. The molecule has 3 aliphatic rings. The molecule has 162 valence electrons. The Bertz CT molecular complexity index is 1030. The average molecular weight is 420 g/mol. The highest BCUT2D eigenvalue weighted by Gasteiger charge is 2.73. The minimum Gasteiger partial charge on any atom is -0.481 e. The summed E-state index contributed by atoms with van der Waals surface area (Å²) in [5.74, 6) is -0.742. The van der Waals surface area contributed by atoms with Crippen molar-refractivity contribution in [3.8, 4) is 11.1 Å². The highest BCUT2D eigenvalue weighted by molar-refractivity contribution is 5.80. The van der Waals surface area contributed by atoms with Crippen LogP contribution in [0.1, 0.15) is 57.1 Å². The summed E-state index contributed by atoms with van der Waals surface area (Å²) in [6.07, 6.45) is 1.45. The van der Waals surface area contributed by atoms with Crippen LogP contribution in [0.5, 0.6) is 0 Å². The predicted molar refractivity (Wildman–Crippen MR) is 118 cm³/mol. The fraction of sp³-hybridized carbons (Fsp3) is 0.462. The van der Waals surface area contributed by atoms with Crippen molar-refractivity contribution in [2.45, 2.75) is 52.0 Å². The minimum absolute atomic E-state index is 0.00979. The molecule has 2 bridgehead atoms. The Labute approximate surface area is 182 Å². The summed E-state index contributed by atoms with van der Waals surface area (Å²) in [5.41, 5.74) is 3.28. The fourth-order valence-electron chi connectivity index (χ4n) is 6.64. The number of ether oxygens (including phenoxy) is 1. The Kier molecular flexibility index (Phi) is 4.27. The molecule has 1 amide bonds. The van der Waals surface area contributed by atoms with Crippen molar-refractivity contribution < 1.29 is 19.4 Å². The van der Waals surface area contributed by atoms with Crippen LogP contribution in [-0.4, -0.2) is 29.8 Å². The monoisotopic (exact) mass is 419 g/mol. The molecule has 0 aromatic heterocycles. The molecule has 3 atom stereocenters. The van der Waals surface area contributed by atoms with E-state index in [1.807, 2.05) is 38.1 Å². The molecule has 2 fully saturated rings. The van der Waals surface area contributed by atoms with Crippen LogP contribution in [0.15, 0.2) is 48.5 Å². The van der Waals surface area contributed by atoms with Gasteiger partial charge in [0, 0.05) is 12.0 Å². The van der Waals surface area contributed by atoms with Gasteiger partial charge < -0.3 is 15.2 Å². The highest BCUT2D eigenvalue weighted by atomic mass is 16.5. The standard InChI is InChI=1S/C26H29NO4/c1-24(2)25(3)12-13-26(24,22(28)29)14-21(25)27-23(30)31-15-20-18-10-6-4-8-16(18)17-9-5-7-11-19(17)20/h4-11,20-21H,12-15H2,1-3H3,(H,27,30)(H,28,29)/t21-,25-,26+/m1/s1. The van der Waals surface area contributed by atoms with Crippen molar-refractivity contribution in [3.05, 3.63) is 59.7 Å². The van der Waals surface area contributed by atoms with Gasteiger partial charge in [-0.1, -0.05) is 69.3 Å². The molecule has 0 unspecified atom stereocenters. The van der Waals surface area contributed by atoms with Gasteiger partial charge in [-0.25, -0.2) is 4.79 Å². The van der Waals surface area contributed by atoms with Gasteiger partial charge in [-0.2, -0.15) is 0 Å². The maximum Gasteiger partial charge on any atom is 0.407 e. The van der Waals surface area contributed by atoms with Gasteiger partial charge in [-0.15, -0.1) is 0 Å². The van der Waals surface area contributed by atoms with E-state index in [4.69, 9.17) is 4.74 Å². The first-order valence-corrected chi connectivity index (χ1v) is 11.1. The molecule has 3 aliphatic carbocycles. The Balaban J connectivity index is 1.31. The number of carbonyl (C=O) groups is 2. The molecule has 2 N–H and O–H groups in total. The highest BCUT2D eigenvalue weighted by Crippen LogP contribution is 2.72. The van der Waals surface area contributed by atoms with Crippen LogP contribution in [0, 0.1) is 16.2 Å². The molecule has 0 aliphatic heterocycles. The molecule has 31 heavy (non-hydrogen) atoms. The third-order valence-electron chi connectivity index (χ3n) is 9.06. The molecular weight excluding hydrogens is 390 g/mol. The molecule has 5 rings (SSSR count). The van der Waals surface area contributed by atoms with Crippen LogP contribution < -0.4 is 5.32 Å². The fourth-order valence-corrected chi connectivity index (χ4v) is 6.64. The summed E-state index contributed by atoms with van der Waals surface area (Å²) < 4.78 is 5.72. The summed E-state index contributed by atoms with van der Waals surface area (Å²) in [4.78, 5) is 25.0. The molecule has 0 heterocycles. The number of benzene rings is 2. The number of fused-ring (bicyclic) bond motifs is 5. The summed E-state index contributed by atoms with van der Waals surface area (Å²) >= 11 is 0. The van der Waals surface area contributed by atoms with Gasteiger partial charge in [0.05, 0.1) is 5.41 Å². The van der Waals surface area contributed by atoms with E-state index < -0.39 is 22.9 Å². The number of carboxylic acid groups (broad SMARTS) is 1. The Morgan fingerprint density at radius 3 is 2.13 bits per heavy atom. The number of hydrogen-bond donors (Lipinski definition) is 2. The van der Waals surface area contributed by atoms with Crippen molar-refractivity contribution in [2.75, 3.05) is 6.61 Å². The lowest BCUT2D eigenvalue weighted by atomic mass is 9.65. The Morgan fingerprint density at radius 2 is 1.58 bits per heavy atom. The number of aliphatic carboxylic acids is 1. The SMILES string of the molecule is CC1(C)[C@@]2(C(=O)O)CC[C@]1(C)[C@H](NC(=O)OCC1c3ccccc3-c3ccccc31)C2. The van der Waals surface area contributed by atoms with E-state index in [1.54, 1.807) is 0 Å². The normalized spacial score (nSPS) is 30.0. The first-order chi connectivity index (χ1) is 14.7. The van der Waals surface area contributed by atoms with Gasteiger partial charge >= 0.3 is 12.1 Å². The van der Waals surface area contributed by atoms with Crippen molar-refractivity contribution in [2.24, 2.45) is 16.2 Å². The number of hydrogen-bond acceptors (Lipinski definition) is 3. The largest absolute Gasteiger partial charge is 0.481 e. The lowest BCUT2D eigenvalue weighted by Crippen LogP contribution is -2.47. The van der Waals surface area contributed by atoms with Crippen molar-refractivity contribution >= 4 is 12.1 Å². The lowest BCUT2D eigenvalue weighted by molar-refractivity contribution is -0.154. The second kappa shape index (κ2) is 6.59. The molecule has 0 saturated heterocycles. The van der Waals surface area contributed by atoms with E-state index in [2.05, 4.69) is 36.5 Å². The van der Waals surface area contributed by atoms with Crippen LogP contribution >= 0.6 is 0 Å². The lowest BCUT2D eigenvalue weighted by Gasteiger charge is -2.40. The zero-order valence-corrected chi connectivity index (χ0v) is 18.3. The average Bonchev–Trinajstić information content (AvgIpc) is 3.23. The molecule has 2 saturated carbocycles. The molecule has 0 spiro atoms. The molecular formula is C26H29NO4. The van der Waals surface area contributed by atoms with E-state index in [0.29, 0.717) is 12.8 Å². The maximum atomic E-state index is 12.8. The maximum absolute atomic E-state index is 12.8. The van der Waals surface area contributed by atoms with Gasteiger partial charge in [0.1, 0.15) is 6.61 Å². The third-order valence-corrected chi connectivity index (χ3v) is 9.06. The van der Waals surface area contributed by atoms with Crippen LogP contribution in [0.25, 0.3) is 11.1 Å². The molecule has 2 aromatic carbocycles. The second-order valence-electron chi connectivity index (χ2n) is 10.2. The van der Waals surface area contributed by atoms with Gasteiger partial charge in [0.25, 0.3) is 0 Å². The van der Waals surface area contributed by atoms with Gasteiger partial charge in [-0.05, 0) is 52.3 Å². The van der Waals surface area contributed by atoms with Gasteiger partial charge in [0.2, 0.25) is 0 Å². The van der Waals surface area contributed by atoms with E-state index in [-0.39, 0.29) is 24.0 Å². The quantitative estimate of drug-likeness (QED) is 0.715. The van der Waals surface area contributed by atoms with E-state index in [1.165, 1.54) is 22.3 Å². The van der Waals surface area contributed by atoms with Crippen LogP contribution in [0.4, 0.5) is 4.79 Å². The Morgan fingerprint density at radius 1 is 1.00 bits per heavy atom. The third kappa shape index (κ3) is 2.55. The number of alkyl carbamates (subject to hydrolysis) is 1. The summed E-state index contributed by atoms with van der Waals surface area (Å²) in [6, 6.07) is 16.3. The zero-order chi connectivity index (χ0) is 22.0. The summed E-state index contributed by atoms with van der Waals surface area (Å²) in [5, 5.41) is 13.0. The first kappa shape index (κ1) is 20.1. The van der Waals surface area contributed by atoms with Crippen LogP contribution in [0.3, 0.4) is 0 Å². The topological polar surface area (TPSA) is 75.6 Å². The van der Waals surface area contributed by atoms with Crippen molar-refractivity contribution in [1.82, 2.24) is 5.32 Å². The second-order valence-corrected chi connectivity index (χ2v) is 10.2. The van der Waals surface area contributed by atoms with Gasteiger partial charge in [-0.3, -0.25) is 4.79 Å². The van der Waals surface area contributed by atoms with Crippen molar-refractivity contribution in [1.29, 1.82) is 0 Å². The smallest absolute Gasteiger partial charge is 0.407 e. The van der Waals surface area contributed by atoms with E-state index in [0.717, 1.165) is 6.42 Å². The number of rotatable bonds is 4. The predicted octanol–water partition coefficient (Wildman–Crippen LogP) is 5.19. The van der Waals surface area contributed by atoms with Crippen LogP contribution in [0.2, 0.25) is 0 Å².